The van der Waals surface area contributed by atoms with Gasteiger partial charge in [0.05, 0.1) is 0 Å². The third-order valence-corrected chi connectivity index (χ3v) is 3.14. The summed E-state index contributed by atoms with van der Waals surface area (Å²) < 4.78 is 1.46. The van der Waals surface area contributed by atoms with Crippen LogP contribution in [-0.2, 0) is 4.79 Å². The lowest BCUT2D eigenvalue weighted by Crippen LogP contribution is -2.31. The Morgan fingerprint density at radius 3 is 2.43 bits per heavy atom. The first kappa shape index (κ1) is 14.7. The zero-order chi connectivity index (χ0) is 15.6. The van der Waals surface area contributed by atoms with Crippen LogP contribution in [0.15, 0.2) is 36.8 Å². The quantitative estimate of drug-likeness (QED) is 0.634. The summed E-state index contributed by atoms with van der Waals surface area (Å²) in [7, 11) is 3.30. The molecule has 0 fully saturated rings. The molecule has 0 bridgehead atoms. The van der Waals surface area contributed by atoms with Gasteiger partial charge >= 0.3 is 5.82 Å². The lowest BCUT2D eigenvalue weighted by Gasteiger charge is -2.21. The molecule has 0 N–H and O–H groups in total. The highest BCUT2D eigenvalue weighted by atomic mass is 16.6. The Kier molecular flexibility index (Phi) is 4.02. The number of carbonyl (C=O) groups excluding carboxylic acids is 1. The van der Waals surface area contributed by atoms with Crippen molar-refractivity contribution in [2.75, 3.05) is 14.1 Å². The summed E-state index contributed by atoms with van der Waals surface area (Å²) in [4.78, 5) is 27.8. The minimum atomic E-state index is -0.665. The van der Waals surface area contributed by atoms with Gasteiger partial charge in [0.15, 0.2) is 0 Å². The fourth-order valence-corrected chi connectivity index (χ4v) is 2.00. The fourth-order valence-electron chi connectivity index (χ4n) is 2.00. The SMILES string of the molecule is Cc1ccc([C@H](C(=O)N(C)C)n2cnc([N+](=O)[O-])c2)cc1. The van der Waals surface area contributed by atoms with Crippen molar-refractivity contribution in [2.45, 2.75) is 13.0 Å². The lowest BCUT2D eigenvalue weighted by atomic mass is 10.0. The zero-order valence-electron chi connectivity index (χ0n) is 12.1. The number of nitro groups is 1. The van der Waals surface area contributed by atoms with Crippen molar-refractivity contribution in [2.24, 2.45) is 0 Å². The van der Waals surface area contributed by atoms with Crippen LogP contribution in [0.25, 0.3) is 0 Å². The van der Waals surface area contributed by atoms with E-state index in [1.165, 1.54) is 22.0 Å². The number of rotatable bonds is 4. The smallest absolute Gasteiger partial charge is 0.358 e. The first-order chi connectivity index (χ1) is 9.90. The van der Waals surface area contributed by atoms with E-state index in [1.807, 2.05) is 31.2 Å². The number of amides is 1. The van der Waals surface area contributed by atoms with Gasteiger partial charge in [0.2, 0.25) is 12.2 Å². The van der Waals surface area contributed by atoms with Crippen LogP contribution in [-0.4, -0.2) is 39.4 Å². The second-order valence-electron chi connectivity index (χ2n) is 4.98. The number of imidazole rings is 1. The summed E-state index contributed by atoms with van der Waals surface area (Å²) in [5.74, 6) is -0.454. The highest BCUT2D eigenvalue weighted by Crippen LogP contribution is 2.22. The molecule has 1 atom stereocenters. The maximum atomic E-state index is 12.4. The van der Waals surface area contributed by atoms with Crippen molar-refractivity contribution in [3.63, 3.8) is 0 Å². The molecule has 110 valence electrons. The van der Waals surface area contributed by atoms with Crippen molar-refractivity contribution in [1.29, 1.82) is 0 Å². The van der Waals surface area contributed by atoms with Gasteiger partial charge in [-0.3, -0.25) is 9.36 Å². The number of aromatic nitrogens is 2. The first-order valence-electron chi connectivity index (χ1n) is 6.35. The zero-order valence-corrected chi connectivity index (χ0v) is 12.1. The molecule has 1 heterocycles. The summed E-state index contributed by atoms with van der Waals surface area (Å²) in [6.07, 6.45) is 2.58. The molecule has 0 unspecified atom stereocenters. The van der Waals surface area contributed by atoms with Crippen LogP contribution in [0.1, 0.15) is 17.2 Å². The van der Waals surface area contributed by atoms with E-state index in [4.69, 9.17) is 0 Å². The van der Waals surface area contributed by atoms with Crippen LogP contribution in [0.4, 0.5) is 5.82 Å². The van der Waals surface area contributed by atoms with Crippen molar-refractivity contribution < 1.29 is 9.72 Å². The summed E-state index contributed by atoms with van der Waals surface area (Å²) in [5.41, 5.74) is 1.83. The van der Waals surface area contributed by atoms with Crippen LogP contribution in [0, 0.1) is 17.0 Å². The summed E-state index contributed by atoms with van der Waals surface area (Å²) in [6, 6.07) is 6.81. The van der Waals surface area contributed by atoms with Crippen LogP contribution in [0.2, 0.25) is 0 Å². The number of carbonyl (C=O) groups is 1. The van der Waals surface area contributed by atoms with Gasteiger partial charge < -0.3 is 15.0 Å². The Labute approximate surface area is 122 Å². The molecule has 2 rings (SSSR count). The second kappa shape index (κ2) is 5.74. The molecule has 1 aromatic carbocycles. The topological polar surface area (TPSA) is 81.3 Å². The molecule has 0 aliphatic heterocycles. The van der Waals surface area contributed by atoms with E-state index in [0.29, 0.717) is 0 Å². The predicted octanol–water partition coefficient (Wildman–Crippen LogP) is 1.78. The molecular weight excluding hydrogens is 272 g/mol. The highest BCUT2D eigenvalue weighted by molar-refractivity contribution is 5.83. The number of benzene rings is 1. The van der Waals surface area contributed by atoms with Crippen LogP contribution in [0.5, 0.6) is 0 Å². The average molecular weight is 288 g/mol. The Bertz CT molecular complexity index is 661. The number of aryl methyl sites for hydroxylation is 1. The molecule has 21 heavy (non-hydrogen) atoms. The van der Waals surface area contributed by atoms with Gasteiger partial charge in [-0.2, -0.15) is 0 Å². The normalized spacial score (nSPS) is 12.0. The van der Waals surface area contributed by atoms with Crippen LogP contribution in [0.3, 0.4) is 0 Å². The fraction of sp³-hybridized carbons (Fsp3) is 0.286. The van der Waals surface area contributed by atoms with Crippen molar-refractivity contribution in [1.82, 2.24) is 14.5 Å². The molecule has 2 aromatic rings. The molecule has 0 saturated heterocycles. The van der Waals surface area contributed by atoms with Gasteiger partial charge in [-0.15, -0.1) is 0 Å². The van der Waals surface area contributed by atoms with E-state index in [9.17, 15) is 14.9 Å². The third-order valence-electron chi connectivity index (χ3n) is 3.14. The minimum Gasteiger partial charge on any atom is -0.358 e. The van der Waals surface area contributed by atoms with Crippen molar-refractivity contribution in [3.05, 3.63) is 58.0 Å². The monoisotopic (exact) mass is 288 g/mol. The van der Waals surface area contributed by atoms with E-state index >= 15 is 0 Å². The summed E-state index contributed by atoms with van der Waals surface area (Å²) >= 11 is 0. The van der Waals surface area contributed by atoms with Gasteiger partial charge in [0.25, 0.3) is 0 Å². The molecule has 0 radical (unpaired) electrons. The highest BCUT2D eigenvalue weighted by Gasteiger charge is 2.26. The molecule has 0 spiro atoms. The van der Waals surface area contributed by atoms with Crippen LogP contribution >= 0.6 is 0 Å². The first-order valence-corrected chi connectivity index (χ1v) is 6.35. The summed E-state index contributed by atoms with van der Waals surface area (Å²) in [5, 5.41) is 10.8. The van der Waals surface area contributed by atoms with Gasteiger partial charge in [-0.1, -0.05) is 29.8 Å². The van der Waals surface area contributed by atoms with Gasteiger partial charge in [-0.25, -0.2) is 0 Å². The molecule has 0 saturated carbocycles. The number of hydrogen-bond donors (Lipinski definition) is 0. The van der Waals surface area contributed by atoms with Gasteiger partial charge in [0, 0.05) is 14.1 Å². The summed E-state index contributed by atoms with van der Waals surface area (Å²) in [6.45, 7) is 1.95. The third kappa shape index (κ3) is 3.07. The van der Waals surface area contributed by atoms with E-state index in [-0.39, 0.29) is 11.7 Å². The predicted molar refractivity (Wildman–Crippen MR) is 76.9 cm³/mol. The maximum Gasteiger partial charge on any atom is 0.381 e. The second-order valence-corrected chi connectivity index (χ2v) is 4.98. The van der Waals surface area contributed by atoms with Gasteiger partial charge in [-0.05, 0) is 22.4 Å². The molecule has 1 aromatic heterocycles. The Hall–Kier alpha value is -2.70. The van der Waals surface area contributed by atoms with E-state index < -0.39 is 11.0 Å². The van der Waals surface area contributed by atoms with Gasteiger partial charge in [0.1, 0.15) is 12.2 Å². The van der Waals surface area contributed by atoms with E-state index in [2.05, 4.69) is 4.98 Å². The van der Waals surface area contributed by atoms with Crippen molar-refractivity contribution >= 4 is 11.7 Å². The van der Waals surface area contributed by atoms with Crippen LogP contribution < -0.4 is 0 Å². The Balaban J connectivity index is 2.47. The minimum absolute atomic E-state index is 0.175. The molecular formula is C14H16N4O3. The Morgan fingerprint density at radius 2 is 1.95 bits per heavy atom. The standard InChI is InChI=1S/C14H16N4O3/c1-10-4-6-11(7-5-10)13(14(19)16(2)3)17-8-12(15-9-17)18(20)21/h4-9,13H,1-3H3/t13-/m1/s1. The Morgan fingerprint density at radius 1 is 1.33 bits per heavy atom. The largest absolute Gasteiger partial charge is 0.381 e. The number of hydrogen-bond acceptors (Lipinski definition) is 4. The maximum absolute atomic E-state index is 12.4. The number of nitrogens with zero attached hydrogens (tertiary/aromatic N) is 4. The molecule has 0 aliphatic carbocycles. The molecule has 7 nitrogen and oxygen atoms in total. The van der Waals surface area contributed by atoms with Crippen molar-refractivity contribution in [3.8, 4) is 0 Å². The molecule has 7 heteroatoms. The van der Waals surface area contributed by atoms with E-state index in [0.717, 1.165) is 11.1 Å². The lowest BCUT2D eigenvalue weighted by molar-refractivity contribution is -0.389. The average Bonchev–Trinajstić information content (AvgIpc) is 2.90. The number of likely N-dealkylation sites (N-methyl/N-ethyl adjacent to an activating group) is 1. The molecule has 1 amide bonds. The van der Waals surface area contributed by atoms with E-state index in [1.54, 1.807) is 14.1 Å². The molecule has 0 aliphatic rings.